The maximum Gasteiger partial charge on any atom is 0.254 e. The number of hydrogen-bond acceptors (Lipinski definition) is 2. The van der Waals surface area contributed by atoms with Crippen LogP contribution >= 0.6 is 27.5 Å². The lowest BCUT2D eigenvalue weighted by atomic mass is 9.94. The molecule has 66 valence electrons. The highest BCUT2D eigenvalue weighted by Gasteiger charge is 2.39. The Hall–Kier alpha value is -0.350. The maximum atomic E-state index is 10.7. The van der Waals surface area contributed by atoms with Gasteiger partial charge in [-0.25, -0.2) is 0 Å². The number of halogens is 2. The van der Waals surface area contributed by atoms with E-state index in [4.69, 9.17) is 11.6 Å². The molecule has 12 heavy (non-hydrogen) atoms. The number of hydrogen-bond donors (Lipinski definition) is 0. The normalized spacial score (nSPS) is 28.3. The molecule has 0 bridgehead atoms. The van der Waals surface area contributed by atoms with Gasteiger partial charge in [0.15, 0.2) is 0 Å². The number of nitro groups is 1. The van der Waals surface area contributed by atoms with Crippen LogP contribution in [0.4, 0.5) is 0 Å². The molecule has 0 aromatic carbocycles. The first-order chi connectivity index (χ1) is 5.60. The minimum Gasteiger partial charge on any atom is -0.264 e. The van der Waals surface area contributed by atoms with Crippen molar-refractivity contribution in [3.05, 3.63) is 33.4 Å². The molecule has 0 heterocycles. The van der Waals surface area contributed by atoms with E-state index >= 15 is 0 Å². The molecule has 0 spiro atoms. The molecule has 1 rings (SSSR count). The highest BCUT2D eigenvalue weighted by Crippen LogP contribution is 2.27. The maximum absolute atomic E-state index is 10.7. The van der Waals surface area contributed by atoms with Gasteiger partial charge in [0, 0.05) is 22.5 Å². The zero-order valence-electron chi connectivity index (χ0n) is 6.17. The summed E-state index contributed by atoms with van der Waals surface area (Å²) in [5.74, 6) is 0. The van der Waals surface area contributed by atoms with E-state index in [1.165, 1.54) is 6.08 Å². The quantitative estimate of drug-likeness (QED) is 0.430. The second-order valence-corrected chi connectivity index (χ2v) is 3.63. The molecule has 0 saturated heterocycles. The highest BCUT2D eigenvalue weighted by molar-refractivity contribution is 9.09. The summed E-state index contributed by atoms with van der Waals surface area (Å²) in [6.07, 6.45) is 5.25. The van der Waals surface area contributed by atoms with Gasteiger partial charge in [0.05, 0.1) is 5.33 Å². The molecule has 1 aliphatic carbocycles. The number of rotatable bonds is 2. The Kier molecular flexibility index (Phi) is 2.90. The lowest BCUT2D eigenvalue weighted by Gasteiger charge is -2.20. The molecule has 0 fully saturated rings. The molecular weight excluding hydrogens is 245 g/mol. The van der Waals surface area contributed by atoms with Gasteiger partial charge in [-0.2, -0.15) is 0 Å². The van der Waals surface area contributed by atoms with E-state index in [1.54, 1.807) is 12.2 Å². The van der Waals surface area contributed by atoms with Crippen LogP contribution in [0.1, 0.15) is 6.42 Å². The minimum atomic E-state index is -1.05. The van der Waals surface area contributed by atoms with Crippen molar-refractivity contribution in [2.45, 2.75) is 12.0 Å². The van der Waals surface area contributed by atoms with Crippen molar-refractivity contribution < 1.29 is 4.92 Å². The van der Waals surface area contributed by atoms with Gasteiger partial charge < -0.3 is 0 Å². The van der Waals surface area contributed by atoms with Gasteiger partial charge in [0.25, 0.3) is 5.54 Å². The Labute approximate surface area is 83.4 Å². The molecule has 0 saturated carbocycles. The predicted octanol–water partition coefficient (Wildman–Crippen LogP) is 2.48. The van der Waals surface area contributed by atoms with Crippen molar-refractivity contribution in [1.29, 1.82) is 0 Å². The first-order valence-corrected chi connectivity index (χ1v) is 4.86. The Morgan fingerprint density at radius 2 is 2.50 bits per heavy atom. The molecular formula is C7H7BrClNO2. The van der Waals surface area contributed by atoms with E-state index in [1.807, 2.05) is 0 Å². The van der Waals surface area contributed by atoms with Crippen LogP contribution in [0.5, 0.6) is 0 Å². The average molecular weight is 252 g/mol. The summed E-state index contributed by atoms with van der Waals surface area (Å²) in [4.78, 5) is 10.4. The average Bonchev–Trinajstić information content (AvgIpc) is 2.04. The summed E-state index contributed by atoms with van der Waals surface area (Å²) in [5.41, 5.74) is -1.05. The topological polar surface area (TPSA) is 43.1 Å². The molecule has 0 radical (unpaired) electrons. The van der Waals surface area contributed by atoms with Gasteiger partial charge in [-0.05, 0) is 6.08 Å². The molecule has 3 nitrogen and oxygen atoms in total. The standard InChI is InChI=1S/C7H7BrClNO2/c8-5-7(10(11)12)3-1-2-6(9)4-7/h1-2,4H,3,5H2. The summed E-state index contributed by atoms with van der Waals surface area (Å²) in [7, 11) is 0. The van der Waals surface area contributed by atoms with Crippen LogP contribution in [-0.4, -0.2) is 15.8 Å². The van der Waals surface area contributed by atoms with Crippen molar-refractivity contribution in [2.75, 3.05) is 5.33 Å². The third-order valence-corrected chi connectivity index (χ3v) is 2.96. The Morgan fingerprint density at radius 1 is 1.83 bits per heavy atom. The van der Waals surface area contributed by atoms with E-state index in [-0.39, 0.29) is 10.3 Å². The minimum absolute atomic E-state index is 0.285. The molecule has 0 aromatic heterocycles. The first kappa shape index (κ1) is 9.74. The van der Waals surface area contributed by atoms with Crippen molar-refractivity contribution in [1.82, 2.24) is 0 Å². The lowest BCUT2D eigenvalue weighted by molar-refractivity contribution is -0.547. The molecule has 0 aliphatic heterocycles. The zero-order chi connectivity index (χ0) is 9.19. The molecule has 1 atom stereocenters. The number of allylic oxidation sites excluding steroid dienone is 2. The molecule has 0 N–H and O–H groups in total. The van der Waals surface area contributed by atoms with Gasteiger partial charge >= 0.3 is 0 Å². The van der Waals surface area contributed by atoms with Crippen LogP contribution in [0.25, 0.3) is 0 Å². The summed E-state index contributed by atoms with van der Waals surface area (Å²) in [6.45, 7) is 0. The second-order valence-electron chi connectivity index (χ2n) is 2.63. The predicted molar refractivity (Wildman–Crippen MR) is 51.2 cm³/mol. The van der Waals surface area contributed by atoms with Gasteiger partial charge in [-0.15, -0.1) is 0 Å². The van der Waals surface area contributed by atoms with Crippen LogP contribution in [-0.2, 0) is 0 Å². The molecule has 5 heteroatoms. The van der Waals surface area contributed by atoms with Crippen LogP contribution in [0, 0.1) is 10.1 Å². The van der Waals surface area contributed by atoms with E-state index < -0.39 is 5.54 Å². The fourth-order valence-corrected chi connectivity index (χ4v) is 1.90. The van der Waals surface area contributed by atoms with Gasteiger partial charge in [-0.1, -0.05) is 33.6 Å². The van der Waals surface area contributed by atoms with Crippen molar-refractivity contribution in [2.24, 2.45) is 0 Å². The smallest absolute Gasteiger partial charge is 0.254 e. The fourth-order valence-electron chi connectivity index (χ4n) is 1.01. The Bertz CT molecular complexity index is 264. The molecule has 0 amide bonds. The lowest BCUT2D eigenvalue weighted by Crippen LogP contribution is -2.38. The molecule has 1 unspecified atom stereocenters. The van der Waals surface area contributed by atoms with Crippen LogP contribution in [0.3, 0.4) is 0 Å². The third-order valence-electron chi connectivity index (χ3n) is 1.75. The van der Waals surface area contributed by atoms with Crippen molar-refractivity contribution in [3.63, 3.8) is 0 Å². The Balaban J connectivity index is 2.97. The second kappa shape index (κ2) is 3.58. The van der Waals surface area contributed by atoms with E-state index in [0.717, 1.165) is 0 Å². The van der Waals surface area contributed by atoms with Crippen LogP contribution < -0.4 is 0 Å². The zero-order valence-corrected chi connectivity index (χ0v) is 8.51. The van der Waals surface area contributed by atoms with Gasteiger partial charge in [0.2, 0.25) is 0 Å². The number of alkyl halides is 1. The molecule has 1 aliphatic rings. The van der Waals surface area contributed by atoms with Gasteiger partial charge in [-0.3, -0.25) is 10.1 Å². The van der Waals surface area contributed by atoms with Crippen LogP contribution in [0.2, 0.25) is 0 Å². The first-order valence-electron chi connectivity index (χ1n) is 3.36. The largest absolute Gasteiger partial charge is 0.264 e. The number of nitrogens with zero attached hydrogens (tertiary/aromatic N) is 1. The SMILES string of the molecule is O=[N+]([O-])C1(CBr)C=C(Cl)C=CC1. The van der Waals surface area contributed by atoms with E-state index in [2.05, 4.69) is 15.9 Å². The van der Waals surface area contributed by atoms with Crippen molar-refractivity contribution in [3.8, 4) is 0 Å². The fraction of sp³-hybridized carbons (Fsp3) is 0.429. The van der Waals surface area contributed by atoms with Crippen LogP contribution in [0.15, 0.2) is 23.3 Å². The molecule has 0 aromatic rings. The summed E-state index contributed by atoms with van der Waals surface area (Å²) in [6, 6.07) is 0. The summed E-state index contributed by atoms with van der Waals surface area (Å²) >= 11 is 8.79. The third kappa shape index (κ3) is 1.69. The van der Waals surface area contributed by atoms with E-state index in [0.29, 0.717) is 11.5 Å². The highest BCUT2D eigenvalue weighted by atomic mass is 79.9. The van der Waals surface area contributed by atoms with Gasteiger partial charge in [0.1, 0.15) is 0 Å². The summed E-state index contributed by atoms with van der Waals surface area (Å²) in [5, 5.41) is 11.4. The summed E-state index contributed by atoms with van der Waals surface area (Å²) < 4.78 is 0. The van der Waals surface area contributed by atoms with Crippen molar-refractivity contribution >= 4 is 27.5 Å². The van der Waals surface area contributed by atoms with E-state index in [9.17, 15) is 10.1 Å². The Morgan fingerprint density at radius 3 is 2.83 bits per heavy atom. The monoisotopic (exact) mass is 251 g/mol.